The lowest BCUT2D eigenvalue weighted by Crippen LogP contribution is -2.45. The maximum Gasteiger partial charge on any atom is 0.338 e. The second-order valence-corrected chi connectivity index (χ2v) is 8.40. The number of ether oxygens (including phenoxy) is 1. The summed E-state index contributed by atoms with van der Waals surface area (Å²) < 4.78 is 10.5. The van der Waals surface area contributed by atoms with Gasteiger partial charge < -0.3 is 24.3 Å². The fraction of sp³-hybridized carbons (Fsp3) is 0.296. The molecule has 3 amide bonds. The second-order valence-electron chi connectivity index (χ2n) is 8.40. The van der Waals surface area contributed by atoms with Crippen molar-refractivity contribution in [2.45, 2.75) is 38.9 Å². The molecule has 4 rings (SSSR count). The normalized spacial score (nSPS) is 12.6. The summed E-state index contributed by atoms with van der Waals surface area (Å²) in [6.45, 7) is 2.73. The van der Waals surface area contributed by atoms with Crippen LogP contribution in [0.15, 0.2) is 77.4 Å². The van der Waals surface area contributed by atoms with Crippen LogP contribution in [0.2, 0.25) is 0 Å². The molecule has 1 N–H and O–H groups in total. The van der Waals surface area contributed by atoms with Gasteiger partial charge in [0.15, 0.2) is 0 Å². The Balaban J connectivity index is 1.43. The van der Waals surface area contributed by atoms with Crippen LogP contribution in [0.5, 0.6) is 0 Å². The zero-order valence-electron chi connectivity index (χ0n) is 19.7. The number of benzene rings is 2. The molecule has 0 radical (unpaired) electrons. The smallest absolute Gasteiger partial charge is 0.338 e. The molecule has 1 aliphatic carbocycles. The van der Waals surface area contributed by atoms with E-state index < -0.39 is 5.97 Å². The Kier molecular flexibility index (Phi) is 7.82. The van der Waals surface area contributed by atoms with Gasteiger partial charge in [-0.2, -0.15) is 0 Å². The average molecular weight is 476 g/mol. The van der Waals surface area contributed by atoms with E-state index in [2.05, 4.69) is 5.32 Å². The molecular weight excluding hydrogens is 446 g/mol. The predicted molar refractivity (Wildman–Crippen MR) is 131 cm³/mol. The van der Waals surface area contributed by atoms with Crippen molar-refractivity contribution in [2.75, 3.05) is 18.5 Å². The number of amides is 3. The van der Waals surface area contributed by atoms with E-state index in [9.17, 15) is 14.4 Å². The second kappa shape index (κ2) is 11.4. The summed E-state index contributed by atoms with van der Waals surface area (Å²) in [5.41, 5.74) is 1.95. The van der Waals surface area contributed by atoms with E-state index in [1.54, 1.807) is 53.3 Å². The van der Waals surface area contributed by atoms with Gasteiger partial charge in [-0.05, 0) is 61.7 Å². The van der Waals surface area contributed by atoms with E-state index in [-0.39, 0.29) is 24.5 Å². The third kappa shape index (κ3) is 6.72. The fourth-order valence-electron chi connectivity index (χ4n) is 3.72. The van der Waals surface area contributed by atoms with Crippen molar-refractivity contribution in [1.82, 2.24) is 9.80 Å². The Morgan fingerprint density at radius 1 is 0.971 bits per heavy atom. The molecule has 1 fully saturated rings. The molecule has 0 aliphatic heterocycles. The largest absolute Gasteiger partial charge is 0.467 e. The van der Waals surface area contributed by atoms with E-state index in [1.807, 2.05) is 36.4 Å². The van der Waals surface area contributed by atoms with Crippen LogP contribution in [0, 0.1) is 0 Å². The van der Waals surface area contributed by atoms with Gasteiger partial charge in [-0.25, -0.2) is 9.59 Å². The Bertz CT molecular complexity index is 1130. The van der Waals surface area contributed by atoms with Crippen molar-refractivity contribution in [1.29, 1.82) is 0 Å². The summed E-state index contributed by atoms with van der Waals surface area (Å²) in [4.78, 5) is 41.6. The highest BCUT2D eigenvalue weighted by atomic mass is 16.5. The Morgan fingerprint density at radius 3 is 2.34 bits per heavy atom. The zero-order chi connectivity index (χ0) is 24.6. The first-order chi connectivity index (χ1) is 17.0. The minimum Gasteiger partial charge on any atom is -0.467 e. The Hall–Kier alpha value is -4.07. The van der Waals surface area contributed by atoms with E-state index >= 15 is 0 Å². The number of rotatable bonds is 10. The summed E-state index contributed by atoms with van der Waals surface area (Å²) in [7, 11) is 0. The fourth-order valence-corrected chi connectivity index (χ4v) is 3.72. The van der Waals surface area contributed by atoms with Gasteiger partial charge in [0.2, 0.25) is 5.91 Å². The Labute approximate surface area is 204 Å². The number of carbonyl (C=O) groups is 3. The quantitative estimate of drug-likeness (QED) is 0.430. The molecule has 8 nitrogen and oxygen atoms in total. The molecule has 1 heterocycles. The molecule has 1 aliphatic rings. The molecule has 2 aromatic carbocycles. The summed E-state index contributed by atoms with van der Waals surface area (Å²) in [5.74, 6) is 0.106. The SMILES string of the molecule is CCOC(=O)c1ccc(NC(=O)N(CC(=O)N(Cc2ccccc2)Cc2ccco2)C2CC2)cc1. The van der Waals surface area contributed by atoms with Crippen molar-refractivity contribution in [3.8, 4) is 0 Å². The van der Waals surface area contributed by atoms with Gasteiger partial charge in [-0.15, -0.1) is 0 Å². The number of nitrogens with one attached hydrogen (secondary N) is 1. The van der Waals surface area contributed by atoms with Crippen LogP contribution in [-0.2, 0) is 22.6 Å². The highest BCUT2D eigenvalue weighted by Gasteiger charge is 2.35. The van der Waals surface area contributed by atoms with Crippen molar-refractivity contribution in [2.24, 2.45) is 0 Å². The summed E-state index contributed by atoms with van der Waals surface area (Å²) in [6, 6.07) is 19.5. The van der Waals surface area contributed by atoms with Crippen LogP contribution < -0.4 is 5.32 Å². The number of hydrogen-bond acceptors (Lipinski definition) is 5. The van der Waals surface area contributed by atoms with Crippen molar-refractivity contribution in [3.63, 3.8) is 0 Å². The van der Waals surface area contributed by atoms with Crippen LogP contribution in [-0.4, -0.2) is 46.9 Å². The summed E-state index contributed by atoms with van der Waals surface area (Å²) in [5, 5.41) is 2.85. The summed E-state index contributed by atoms with van der Waals surface area (Å²) >= 11 is 0. The van der Waals surface area contributed by atoms with E-state index in [0.717, 1.165) is 18.4 Å². The lowest BCUT2D eigenvalue weighted by Gasteiger charge is -2.27. The number of anilines is 1. The monoisotopic (exact) mass is 475 g/mol. The minimum absolute atomic E-state index is 0.0277. The van der Waals surface area contributed by atoms with E-state index in [0.29, 0.717) is 36.7 Å². The third-order valence-electron chi connectivity index (χ3n) is 5.70. The predicted octanol–water partition coefficient (Wildman–Crippen LogP) is 4.68. The molecule has 0 unspecified atom stereocenters. The van der Waals surface area contributed by atoms with Crippen LogP contribution in [0.4, 0.5) is 10.5 Å². The van der Waals surface area contributed by atoms with Crippen LogP contribution in [0.25, 0.3) is 0 Å². The Morgan fingerprint density at radius 2 is 1.71 bits per heavy atom. The van der Waals surface area contributed by atoms with Crippen LogP contribution >= 0.6 is 0 Å². The molecule has 182 valence electrons. The van der Waals surface area contributed by atoms with Gasteiger partial charge in [-0.1, -0.05) is 30.3 Å². The number of nitrogens with zero attached hydrogens (tertiary/aromatic N) is 2. The highest BCUT2D eigenvalue weighted by Crippen LogP contribution is 2.28. The highest BCUT2D eigenvalue weighted by molar-refractivity contribution is 5.94. The number of carbonyl (C=O) groups excluding carboxylic acids is 3. The molecule has 0 atom stereocenters. The molecule has 0 bridgehead atoms. The maximum absolute atomic E-state index is 13.4. The molecule has 8 heteroatoms. The standard InChI is InChI=1S/C27H29N3O5/c1-2-34-26(32)21-10-12-22(13-11-21)28-27(33)30(23-14-15-23)19-25(31)29(18-24-9-6-16-35-24)17-20-7-4-3-5-8-20/h3-13,16,23H,2,14-15,17-19H2,1H3,(H,28,33). The first kappa shape index (κ1) is 24.1. The summed E-state index contributed by atoms with van der Waals surface area (Å²) in [6.07, 6.45) is 3.30. The van der Waals surface area contributed by atoms with Gasteiger partial charge in [0.25, 0.3) is 0 Å². The van der Waals surface area contributed by atoms with Gasteiger partial charge in [0.05, 0.1) is 25.0 Å². The molecule has 0 saturated heterocycles. The molecule has 1 saturated carbocycles. The lowest BCUT2D eigenvalue weighted by molar-refractivity contribution is -0.133. The first-order valence-corrected chi connectivity index (χ1v) is 11.7. The van der Waals surface area contributed by atoms with Crippen molar-refractivity contribution in [3.05, 3.63) is 89.9 Å². The molecular formula is C27H29N3O5. The maximum atomic E-state index is 13.4. The number of hydrogen-bond donors (Lipinski definition) is 1. The molecule has 3 aromatic rings. The van der Waals surface area contributed by atoms with Gasteiger partial charge >= 0.3 is 12.0 Å². The minimum atomic E-state index is -0.411. The topological polar surface area (TPSA) is 92.1 Å². The van der Waals surface area contributed by atoms with Gasteiger partial charge in [0, 0.05) is 18.3 Å². The average Bonchev–Trinajstić information content (AvgIpc) is 3.58. The van der Waals surface area contributed by atoms with Gasteiger partial charge in [0.1, 0.15) is 12.3 Å². The van der Waals surface area contributed by atoms with Crippen molar-refractivity contribution < 1.29 is 23.5 Å². The molecule has 35 heavy (non-hydrogen) atoms. The van der Waals surface area contributed by atoms with Crippen molar-refractivity contribution >= 4 is 23.6 Å². The molecule has 0 spiro atoms. The first-order valence-electron chi connectivity index (χ1n) is 11.7. The molecule has 1 aromatic heterocycles. The number of esters is 1. The van der Waals surface area contributed by atoms with Crippen LogP contribution in [0.1, 0.15) is 41.4 Å². The van der Waals surface area contributed by atoms with Crippen LogP contribution in [0.3, 0.4) is 0 Å². The zero-order valence-corrected chi connectivity index (χ0v) is 19.7. The van der Waals surface area contributed by atoms with E-state index in [1.165, 1.54) is 0 Å². The third-order valence-corrected chi connectivity index (χ3v) is 5.70. The van der Waals surface area contributed by atoms with E-state index in [4.69, 9.17) is 9.15 Å². The lowest BCUT2D eigenvalue weighted by atomic mass is 10.2. The number of urea groups is 1. The van der Waals surface area contributed by atoms with Gasteiger partial charge in [-0.3, -0.25) is 4.79 Å². The number of furan rings is 1.